The summed E-state index contributed by atoms with van der Waals surface area (Å²) in [7, 11) is 0. The lowest BCUT2D eigenvalue weighted by atomic mass is 10.1. The molecule has 5 heteroatoms. The van der Waals surface area contributed by atoms with Crippen LogP contribution in [0.1, 0.15) is 5.56 Å². The molecule has 2 N–H and O–H groups in total. The molecule has 2 nitrogen and oxygen atoms in total. The maximum absolute atomic E-state index is 13.2. The summed E-state index contributed by atoms with van der Waals surface area (Å²) >= 11 is 5.72. The van der Waals surface area contributed by atoms with E-state index in [2.05, 4.69) is 4.98 Å². The first kappa shape index (κ1) is 10.4. The van der Waals surface area contributed by atoms with E-state index in [-0.39, 0.29) is 5.56 Å². The molecule has 2 rings (SSSR count). The van der Waals surface area contributed by atoms with Gasteiger partial charge in [-0.05, 0) is 12.1 Å². The number of aliphatic hydroxyl groups excluding tert-OH is 1. The van der Waals surface area contributed by atoms with Gasteiger partial charge in [0.05, 0.1) is 0 Å². The Bertz CT molecular complexity index is 495. The summed E-state index contributed by atoms with van der Waals surface area (Å²) in [6, 6.07) is 4.61. The third-order valence-corrected chi connectivity index (χ3v) is 2.47. The number of aromatic amines is 1. The van der Waals surface area contributed by atoms with Crippen LogP contribution < -0.4 is 0 Å². The number of alkyl halides is 2. The lowest BCUT2D eigenvalue weighted by Crippen LogP contribution is -2.17. The molecule has 0 bridgehead atoms. The van der Waals surface area contributed by atoms with Crippen molar-refractivity contribution in [2.24, 2.45) is 0 Å². The fraction of sp³-hybridized carbons (Fsp3) is 0.200. The lowest BCUT2D eigenvalue weighted by Gasteiger charge is -2.11. The summed E-state index contributed by atoms with van der Waals surface area (Å²) in [5, 5.41) is 9.44. The van der Waals surface area contributed by atoms with E-state index in [4.69, 9.17) is 16.7 Å². The van der Waals surface area contributed by atoms with E-state index < -0.39 is 12.5 Å². The van der Waals surface area contributed by atoms with Crippen molar-refractivity contribution in [1.29, 1.82) is 0 Å². The maximum Gasteiger partial charge on any atom is 0.297 e. The number of rotatable bonds is 2. The van der Waals surface area contributed by atoms with Gasteiger partial charge >= 0.3 is 0 Å². The van der Waals surface area contributed by atoms with Gasteiger partial charge in [0, 0.05) is 27.7 Å². The number of hydrogen-bond donors (Lipinski definition) is 2. The Morgan fingerprint density at radius 3 is 2.80 bits per heavy atom. The Hall–Kier alpha value is -1.13. The first-order valence-corrected chi connectivity index (χ1v) is 4.68. The zero-order valence-corrected chi connectivity index (χ0v) is 8.35. The number of H-pyrrole nitrogens is 1. The van der Waals surface area contributed by atoms with Crippen molar-refractivity contribution < 1.29 is 13.9 Å². The second kappa shape index (κ2) is 3.47. The van der Waals surface area contributed by atoms with Gasteiger partial charge in [0.1, 0.15) is 6.61 Å². The van der Waals surface area contributed by atoms with Gasteiger partial charge in [0.15, 0.2) is 0 Å². The van der Waals surface area contributed by atoms with Gasteiger partial charge < -0.3 is 10.1 Å². The fourth-order valence-electron chi connectivity index (χ4n) is 1.49. The smallest absolute Gasteiger partial charge is 0.297 e. The Morgan fingerprint density at radius 1 is 1.40 bits per heavy atom. The van der Waals surface area contributed by atoms with E-state index in [1.165, 1.54) is 18.3 Å². The largest absolute Gasteiger partial charge is 0.390 e. The van der Waals surface area contributed by atoms with Gasteiger partial charge in [0.2, 0.25) is 0 Å². The Labute approximate surface area is 89.5 Å². The summed E-state index contributed by atoms with van der Waals surface area (Å²) in [5.74, 6) is -3.23. The van der Waals surface area contributed by atoms with Crippen LogP contribution in [0.4, 0.5) is 8.78 Å². The topological polar surface area (TPSA) is 36.0 Å². The molecule has 0 aliphatic rings. The van der Waals surface area contributed by atoms with Crippen LogP contribution in [0.25, 0.3) is 10.9 Å². The lowest BCUT2D eigenvalue weighted by molar-refractivity contribution is -0.0543. The van der Waals surface area contributed by atoms with E-state index in [1.807, 2.05) is 0 Å². The molecule has 1 aromatic carbocycles. The molecule has 0 unspecified atom stereocenters. The van der Waals surface area contributed by atoms with Gasteiger partial charge in [-0.1, -0.05) is 17.7 Å². The monoisotopic (exact) mass is 231 g/mol. The summed E-state index contributed by atoms with van der Waals surface area (Å²) in [4.78, 5) is 2.69. The summed E-state index contributed by atoms with van der Waals surface area (Å²) < 4.78 is 26.5. The number of nitrogens with one attached hydrogen (secondary N) is 1. The minimum absolute atomic E-state index is 0.211. The highest BCUT2D eigenvalue weighted by Gasteiger charge is 2.33. The van der Waals surface area contributed by atoms with Crippen LogP contribution >= 0.6 is 11.6 Å². The van der Waals surface area contributed by atoms with E-state index in [0.29, 0.717) is 15.9 Å². The molecular formula is C10H8ClF2NO. The normalized spacial score (nSPS) is 12.3. The van der Waals surface area contributed by atoms with Crippen LogP contribution in [0.15, 0.2) is 24.4 Å². The van der Waals surface area contributed by atoms with Crippen molar-refractivity contribution in [3.8, 4) is 0 Å². The number of benzene rings is 1. The highest BCUT2D eigenvalue weighted by atomic mass is 35.5. The van der Waals surface area contributed by atoms with Crippen molar-refractivity contribution in [3.05, 3.63) is 35.0 Å². The molecule has 0 spiro atoms. The zero-order chi connectivity index (χ0) is 11.1. The fourth-order valence-corrected chi connectivity index (χ4v) is 1.66. The summed E-state index contributed by atoms with van der Waals surface area (Å²) in [6.07, 6.45) is 1.19. The molecule has 0 aliphatic carbocycles. The molecule has 0 fully saturated rings. The molecule has 0 amide bonds. The standard InChI is InChI=1S/C10H8ClF2NO/c11-6-1-2-7-8(10(12,13)5-15)4-14-9(7)3-6/h1-4,14-15H,5H2. The number of halogens is 3. The summed E-state index contributed by atoms with van der Waals surface area (Å²) in [6.45, 7) is -1.21. The average molecular weight is 232 g/mol. The molecule has 80 valence electrons. The van der Waals surface area contributed by atoms with Gasteiger partial charge in [-0.3, -0.25) is 0 Å². The van der Waals surface area contributed by atoms with Gasteiger partial charge in [-0.15, -0.1) is 0 Å². The average Bonchev–Trinajstić information content (AvgIpc) is 2.61. The third kappa shape index (κ3) is 1.70. The van der Waals surface area contributed by atoms with Crippen LogP contribution in [0.3, 0.4) is 0 Å². The van der Waals surface area contributed by atoms with Gasteiger partial charge in [0.25, 0.3) is 5.92 Å². The summed E-state index contributed by atoms with van der Waals surface area (Å²) in [5.41, 5.74) is 0.322. The molecule has 1 aromatic heterocycles. The Morgan fingerprint density at radius 2 is 2.13 bits per heavy atom. The second-order valence-electron chi connectivity index (χ2n) is 3.25. The van der Waals surface area contributed by atoms with Crippen molar-refractivity contribution in [1.82, 2.24) is 4.98 Å². The Balaban J connectivity index is 2.64. The number of aromatic nitrogens is 1. The molecule has 0 radical (unpaired) electrons. The predicted molar refractivity (Wildman–Crippen MR) is 54.3 cm³/mol. The predicted octanol–water partition coefficient (Wildman–Crippen LogP) is 2.91. The first-order chi connectivity index (χ1) is 7.04. The van der Waals surface area contributed by atoms with Crippen molar-refractivity contribution in [2.75, 3.05) is 6.61 Å². The molecule has 2 aromatic rings. The van der Waals surface area contributed by atoms with Crippen LogP contribution in [0, 0.1) is 0 Å². The second-order valence-corrected chi connectivity index (χ2v) is 3.69. The highest BCUT2D eigenvalue weighted by Crippen LogP contribution is 2.33. The highest BCUT2D eigenvalue weighted by molar-refractivity contribution is 6.31. The molecule has 15 heavy (non-hydrogen) atoms. The SMILES string of the molecule is OCC(F)(F)c1c[nH]c2cc(Cl)ccc12. The van der Waals surface area contributed by atoms with Crippen LogP contribution in [-0.4, -0.2) is 16.7 Å². The van der Waals surface area contributed by atoms with E-state index in [9.17, 15) is 8.78 Å². The number of fused-ring (bicyclic) bond motifs is 1. The van der Waals surface area contributed by atoms with E-state index in [1.54, 1.807) is 6.07 Å². The van der Waals surface area contributed by atoms with E-state index in [0.717, 1.165) is 0 Å². The molecule has 0 aliphatic heterocycles. The molecule has 0 atom stereocenters. The minimum atomic E-state index is -3.23. The number of hydrogen-bond acceptors (Lipinski definition) is 1. The quantitative estimate of drug-likeness (QED) is 0.819. The van der Waals surface area contributed by atoms with Crippen molar-refractivity contribution in [2.45, 2.75) is 5.92 Å². The maximum atomic E-state index is 13.2. The van der Waals surface area contributed by atoms with E-state index >= 15 is 0 Å². The molecule has 0 saturated carbocycles. The number of aliphatic hydroxyl groups is 1. The first-order valence-electron chi connectivity index (χ1n) is 4.30. The van der Waals surface area contributed by atoms with Crippen LogP contribution in [-0.2, 0) is 5.92 Å². The van der Waals surface area contributed by atoms with Gasteiger partial charge in [-0.2, -0.15) is 8.78 Å². The third-order valence-electron chi connectivity index (χ3n) is 2.24. The van der Waals surface area contributed by atoms with Crippen molar-refractivity contribution >= 4 is 22.5 Å². The van der Waals surface area contributed by atoms with Gasteiger partial charge in [-0.25, -0.2) is 0 Å². The minimum Gasteiger partial charge on any atom is -0.390 e. The molecular weight excluding hydrogens is 224 g/mol. The van der Waals surface area contributed by atoms with Crippen LogP contribution in [0.5, 0.6) is 0 Å². The zero-order valence-electron chi connectivity index (χ0n) is 7.60. The molecule has 0 saturated heterocycles. The van der Waals surface area contributed by atoms with Crippen LogP contribution in [0.2, 0.25) is 5.02 Å². The van der Waals surface area contributed by atoms with Crippen molar-refractivity contribution in [3.63, 3.8) is 0 Å². The Kier molecular flexibility index (Phi) is 2.40. The molecule has 1 heterocycles.